The molecule has 0 spiro atoms. The van der Waals surface area contributed by atoms with Crippen LogP contribution in [-0.4, -0.2) is 41.3 Å². The average Bonchev–Trinajstić information content (AvgIpc) is 3.00. The molecule has 0 aliphatic carbocycles. The molecule has 1 atom stereocenters. The van der Waals surface area contributed by atoms with E-state index in [0.717, 1.165) is 44.0 Å². The monoisotopic (exact) mass is 340 g/mol. The van der Waals surface area contributed by atoms with Gasteiger partial charge in [0.05, 0.1) is 0 Å². The molecule has 1 aromatic rings. The normalized spacial score (nSPS) is 18.0. The van der Waals surface area contributed by atoms with Crippen molar-refractivity contribution in [2.45, 2.75) is 58.7 Å². The van der Waals surface area contributed by atoms with Gasteiger partial charge in [-0.15, -0.1) is 11.3 Å². The number of carbonyl (C=O) groups is 1. The smallest absolute Gasteiger partial charge is 0.410 e. The van der Waals surface area contributed by atoms with Crippen LogP contribution in [0.15, 0.2) is 11.6 Å². The summed E-state index contributed by atoms with van der Waals surface area (Å²) in [5.41, 5.74) is -0.423. The van der Waals surface area contributed by atoms with E-state index >= 15 is 0 Å². The van der Waals surface area contributed by atoms with Crippen molar-refractivity contribution in [1.82, 2.24) is 9.88 Å². The van der Waals surface area contributed by atoms with E-state index in [1.165, 1.54) is 0 Å². The zero-order chi connectivity index (χ0) is 16.9. The Balaban J connectivity index is 1.64. The molecular weight excluding hydrogens is 312 g/mol. The van der Waals surface area contributed by atoms with Gasteiger partial charge in [0.15, 0.2) is 0 Å². The molecule has 2 rings (SSSR count). The van der Waals surface area contributed by atoms with Crippen LogP contribution in [0.5, 0.6) is 0 Å². The first-order valence-corrected chi connectivity index (χ1v) is 9.22. The third-order valence-corrected chi connectivity index (χ3v) is 4.90. The Kier molecular flexibility index (Phi) is 6.41. The summed E-state index contributed by atoms with van der Waals surface area (Å²) < 4.78 is 11.3. The number of nitrogens with zero attached hydrogens (tertiary/aromatic N) is 2. The Morgan fingerprint density at radius 3 is 2.70 bits per heavy atom. The Hall–Kier alpha value is -1.14. The van der Waals surface area contributed by atoms with Gasteiger partial charge in [0, 0.05) is 31.3 Å². The van der Waals surface area contributed by atoms with E-state index in [4.69, 9.17) is 9.47 Å². The van der Waals surface area contributed by atoms with Crippen LogP contribution >= 0.6 is 11.3 Å². The molecule has 1 aromatic heterocycles. The first-order valence-electron chi connectivity index (χ1n) is 8.34. The largest absolute Gasteiger partial charge is 0.444 e. The van der Waals surface area contributed by atoms with Gasteiger partial charge in [-0.1, -0.05) is 0 Å². The molecule has 1 saturated heterocycles. The fourth-order valence-corrected chi connectivity index (χ4v) is 3.29. The fraction of sp³-hybridized carbons (Fsp3) is 0.765. The van der Waals surface area contributed by atoms with Crippen LogP contribution in [0.4, 0.5) is 4.79 Å². The third-order valence-electron chi connectivity index (χ3n) is 3.96. The van der Waals surface area contributed by atoms with Gasteiger partial charge in [-0.25, -0.2) is 9.78 Å². The average molecular weight is 340 g/mol. The highest BCUT2D eigenvalue weighted by Gasteiger charge is 2.26. The number of amides is 1. The molecule has 0 aromatic carbocycles. The second-order valence-corrected chi connectivity index (χ2v) is 8.01. The number of rotatable bonds is 5. The topological polar surface area (TPSA) is 51.7 Å². The van der Waals surface area contributed by atoms with Crippen molar-refractivity contribution >= 4 is 17.4 Å². The summed E-state index contributed by atoms with van der Waals surface area (Å²) in [6, 6.07) is 0. The van der Waals surface area contributed by atoms with Crippen molar-refractivity contribution in [2.75, 3.05) is 19.7 Å². The van der Waals surface area contributed by atoms with Crippen LogP contribution in [0.1, 0.15) is 58.1 Å². The summed E-state index contributed by atoms with van der Waals surface area (Å²) in [6.07, 6.45) is 4.77. The molecule has 0 bridgehead atoms. The van der Waals surface area contributed by atoms with Crippen molar-refractivity contribution in [3.05, 3.63) is 16.6 Å². The minimum absolute atomic E-state index is 0.0665. The quantitative estimate of drug-likeness (QED) is 0.804. The zero-order valence-electron chi connectivity index (χ0n) is 14.6. The number of carbonyl (C=O) groups excluding carboxylic acids is 1. The summed E-state index contributed by atoms with van der Waals surface area (Å²) in [6.45, 7) is 10.1. The lowest BCUT2D eigenvalue weighted by Gasteiger charge is -2.33. The minimum atomic E-state index is -0.423. The summed E-state index contributed by atoms with van der Waals surface area (Å²) in [7, 11) is 0. The van der Waals surface area contributed by atoms with Crippen LogP contribution in [0.3, 0.4) is 0 Å². The molecular formula is C17H28N2O3S. The maximum Gasteiger partial charge on any atom is 0.410 e. The maximum absolute atomic E-state index is 12.0. The first-order chi connectivity index (χ1) is 10.8. The summed E-state index contributed by atoms with van der Waals surface area (Å²) in [4.78, 5) is 18.1. The van der Waals surface area contributed by atoms with Crippen LogP contribution < -0.4 is 0 Å². The Morgan fingerprint density at radius 2 is 2.13 bits per heavy atom. The van der Waals surface area contributed by atoms with E-state index in [1.807, 2.05) is 44.2 Å². The second kappa shape index (κ2) is 8.11. The minimum Gasteiger partial charge on any atom is -0.444 e. The maximum atomic E-state index is 12.0. The molecule has 6 heteroatoms. The van der Waals surface area contributed by atoms with E-state index in [2.05, 4.69) is 4.98 Å². The number of ether oxygens (including phenoxy) is 2. The lowest BCUT2D eigenvalue weighted by atomic mass is 9.94. The molecule has 1 amide bonds. The molecule has 1 aliphatic heterocycles. The van der Waals surface area contributed by atoms with Gasteiger partial charge in [0.25, 0.3) is 0 Å². The van der Waals surface area contributed by atoms with Crippen LogP contribution in [0, 0.1) is 5.92 Å². The van der Waals surface area contributed by atoms with Crippen molar-refractivity contribution in [2.24, 2.45) is 5.92 Å². The van der Waals surface area contributed by atoms with Crippen LogP contribution in [0.2, 0.25) is 0 Å². The van der Waals surface area contributed by atoms with Crippen molar-refractivity contribution in [3.63, 3.8) is 0 Å². The lowest BCUT2D eigenvalue weighted by molar-refractivity contribution is 0.0145. The number of piperidine rings is 1. The summed E-state index contributed by atoms with van der Waals surface area (Å²) in [5, 5.41) is 3.01. The Labute approximate surface area is 143 Å². The lowest BCUT2D eigenvalue weighted by Crippen LogP contribution is -2.41. The predicted molar refractivity (Wildman–Crippen MR) is 91.6 cm³/mol. The SMILES string of the molecule is C[C@H](OCCC1CCN(C(=O)OC(C)(C)C)CC1)c1nccs1. The molecule has 130 valence electrons. The third kappa shape index (κ3) is 6.11. The standard InChI is InChI=1S/C17H28N2O3S/c1-13(15-18-8-12-23-15)21-11-7-14-5-9-19(10-6-14)16(20)22-17(2,3)4/h8,12-14H,5-7,9-11H2,1-4H3/t13-/m0/s1. The zero-order valence-corrected chi connectivity index (χ0v) is 15.4. The number of hydrogen-bond donors (Lipinski definition) is 0. The molecule has 0 saturated carbocycles. The number of hydrogen-bond acceptors (Lipinski definition) is 5. The van der Waals surface area contributed by atoms with E-state index in [9.17, 15) is 4.79 Å². The molecule has 0 N–H and O–H groups in total. The van der Waals surface area contributed by atoms with Gasteiger partial charge in [-0.3, -0.25) is 0 Å². The highest BCUT2D eigenvalue weighted by molar-refractivity contribution is 7.09. The van der Waals surface area contributed by atoms with Gasteiger partial charge in [-0.2, -0.15) is 0 Å². The van der Waals surface area contributed by atoms with Crippen LogP contribution in [0.25, 0.3) is 0 Å². The molecule has 1 fully saturated rings. The molecule has 0 radical (unpaired) electrons. The fourth-order valence-electron chi connectivity index (χ4n) is 2.65. The Bertz CT molecular complexity index is 477. The van der Waals surface area contributed by atoms with Gasteiger partial charge in [0.2, 0.25) is 0 Å². The van der Waals surface area contributed by atoms with Crippen molar-refractivity contribution in [3.8, 4) is 0 Å². The van der Waals surface area contributed by atoms with E-state index in [1.54, 1.807) is 11.3 Å². The molecule has 1 aliphatic rings. The highest BCUT2D eigenvalue weighted by Crippen LogP contribution is 2.24. The van der Waals surface area contributed by atoms with E-state index in [-0.39, 0.29) is 12.2 Å². The number of aromatic nitrogens is 1. The van der Waals surface area contributed by atoms with Crippen molar-refractivity contribution in [1.29, 1.82) is 0 Å². The highest BCUT2D eigenvalue weighted by atomic mass is 32.1. The molecule has 5 nitrogen and oxygen atoms in total. The Morgan fingerprint density at radius 1 is 1.43 bits per heavy atom. The number of likely N-dealkylation sites (tertiary alicyclic amines) is 1. The first kappa shape index (κ1) is 18.2. The molecule has 2 heterocycles. The van der Waals surface area contributed by atoms with Gasteiger partial charge < -0.3 is 14.4 Å². The predicted octanol–water partition coefficient (Wildman–Crippen LogP) is 4.26. The molecule has 0 unspecified atom stereocenters. The summed E-state index contributed by atoms with van der Waals surface area (Å²) in [5.74, 6) is 0.622. The van der Waals surface area contributed by atoms with Gasteiger partial charge in [-0.05, 0) is 52.9 Å². The molecule has 23 heavy (non-hydrogen) atoms. The number of thiazole rings is 1. The van der Waals surface area contributed by atoms with Crippen molar-refractivity contribution < 1.29 is 14.3 Å². The summed E-state index contributed by atoms with van der Waals surface area (Å²) >= 11 is 1.63. The van der Waals surface area contributed by atoms with Gasteiger partial charge >= 0.3 is 6.09 Å². The van der Waals surface area contributed by atoms with Crippen LogP contribution in [-0.2, 0) is 9.47 Å². The van der Waals surface area contributed by atoms with E-state index < -0.39 is 5.60 Å². The second-order valence-electron chi connectivity index (χ2n) is 7.08. The van der Waals surface area contributed by atoms with E-state index in [0.29, 0.717) is 5.92 Å². The van der Waals surface area contributed by atoms with Gasteiger partial charge in [0.1, 0.15) is 16.7 Å².